The molecule has 1 N–H and O–H groups in total. The van der Waals surface area contributed by atoms with Gasteiger partial charge >= 0.3 is 0 Å². The third-order valence-electron chi connectivity index (χ3n) is 2.08. The highest BCUT2D eigenvalue weighted by Crippen LogP contribution is 2.12. The summed E-state index contributed by atoms with van der Waals surface area (Å²) in [5.74, 6) is 1.10. The fourth-order valence-electron chi connectivity index (χ4n) is 1.28. The first kappa shape index (κ1) is 11.1. The minimum atomic E-state index is -0.293. The van der Waals surface area contributed by atoms with Crippen molar-refractivity contribution >= 4 is 11.7 Å². The van der Waals surface area contributed by atoms with Crippen molar-refractivity contribution in [2.24, 2.45) is 0 Å². The normalized spacial score (nSPS) is 10.0. The number of methoxy groups -OCH3 is 1. The second kappa shape index (κ2) is 4.65. The van der Waals surface area contributed by atoms with Gasteiger partial charge in [0.25, 0.3) is 5.91 Å². The van der Waals surface area contributed by atoms with E-state index in [1.54, 1.807) is 25.1 Å². The molecular formula is C11H11N3O3. The Morgan fingerprint density at radius 1 is 1.47 bits per heavy atom. The number of aromatic nitrogens is 2. The van der Waals surface area contributed by atoms with E-state index in [9.17, 15) is 4.79 Å². The Hall–Kier alpha value is -2.37. The van der Waals surface area contributed by atoms with Crippen LogP contribution in [0.25, 0.3) is 0 Å². The largest absolute Gasteiger partial charge is 0.481 e. The molecule has 2 aromatic rings. The summed E-state index contributed by atoms with van der Waals surface area (Å²) in [4.78, 5) is 15.7. The van der Waals surface area contributed by atoms with Gasteiger partial charge in [0.1, 0.15) is 5.76 Å². The van der Waals surface area contributed by atoms with Gasteiger partial charge in [-0.2, -0.15) is 0 Å². The van der Waals surface area contributed by atoms with E-state index < -0.39 is 0 Å². The zero-order valence-corrected chi connectivity index (χ0v) is 9.43. The number of hydrogen-bond donors (Lipinski definition) is 1. The van der Waals surface area contributed by atoms with Crippen LogP contribution in [0.1, 0.15) is 16.1 Å². The molecule has 0 aliphatic carbocycles. The number of amides is 1. The molecule has 2 rings (SSSR count). The lowest BCUT2D eigenvalue weighted by Crippen LogP contribution is -2.12. The molecule has 88 valence electrons. The van der Waals surface area contributed by atoms with Gasteiger partial charge in [-0.1, -0.05) is 5.16 Å². The van der Waals surface area contributed by atoms with Crippen molar-refractivity contribution in [1.82, 2.24) is 10.1 Å². The Bertz CT molecular complexity index is 536. The van der Waals surface area contributed by atoms with Gasteiger partial charge in [0.05, 0.1) is 7.11 Å². The van der Waals surface area contributed by atoms with Gasteiger partial charge in [-0.15, -0.1) is 0 Å². The van der Waals surface area contributed by atoms with E-state index in [-0.39, 0.29) is 5.91 Å². The van der Waals surface area contributed by atoms with Crippen molar-refractivity contribution in [2.75, 3.05) is 12.4 Å². The maximum absolute atomic E-state index is 11.8. The van der Waals surface area contributed by atoms with Gasteiger partial charge in [-0.3, -0.25) is 4.79 Å². The highest BCUT2D eigenvalue weighted by molar-refractivity contribution is 6.03. The molecular weight excluding hydrogens is 222 g/mol. The number of pyridine rings is 1. The van der Waals surface area contributed by atoms with Gasteiger partial charge in [0.2, 0.25) is 5.88 Å². The van der Waals surface area contributed by atoms with E-state index in [1.807, 2.05) is 0 Å². The summed E-state index contributed by atoms with van der Waals surface area (Å²) in [6, 6.07) is 4.77. The van der Waals surface area contributed by atoms with Gasteiger partial charge in [-0.05, 0) is 13.0 Å². The first-order valence-electron chi connectivity index (χ1n) is 4.94. The van der Waals surface area contributed by atoms with Crippen LogP contribution in [0.3, 0.4) is 0 Å². The van der Waals surface area contributed by atoms with E-state index in [0.717, 1.165) is 0 Å². The van der Waals surface area contributed by atoms with Crippen LogP contribution in [0.4, 0.5) is 5.82 Å². The zero-order chi connectivity index (χ0) is 12.3. The summed E-state index contributed by atoms with van der Waals surface area (Å²) in [5.41, 5.74) is 0.442. The summed E-state index contributed by atoms with van der Waals surface area (Å²) in [6.45, 7) is 1.75. The molecule has 6 nitrogen and oxygen atoms in total. The Kier molecular flexibility index (Phi) is 3.04. The second-order valence-corrected chi connectivity index (χ2v) is 3.36. The first-order valence-corrected chi connectivity index (χ1v) is 4.94. The molecule has 0 fully saturated rings. The van der Waals surface area contributed by atoms with E-state index in [2.05, 4.69) is 15.5 Å². The summed E-state index contributed by atoms with van der Waals surface area (Å²) >= 11 is 0. The van der Waals surface area contributed by atoms with Crippen molar-refractivity contribution in [2.45, 2.75) is 6.92 Å². The Morgan fingerprint density at radius 3 is 2.94 bits per heavy atom. The van der Waals surface area contributed by atoms with Crippen LogP contribution in [-0.2, 0) is 0 Å². The number of nitrogens with one attached hydrogen (secondary N) is 1. The average molecular weight is 233 g/mol. The van der Waals surface area contributed by atoms with Gasteiger partial charge in [-0.25, -0.2) is 4.98 Å². The molecule has 0 saturated heterocycles. The Balaban J connectivity index is 2.14. The molecule has 0 bridgehead atoms. The summed E-state index contributed by atoms with van der Waals surface area (Å²) in [6.07, 6.45) is 1.50. The SMILES string of the molecule is COc1cc(C(=O)Nc2cc(C)on2)ccn1. The maximum atomic E-state index is 11.8. The lowest BCUT2D eigenvalue weighted by Gasteiger charge is -2.02. The molecule has 0 saturated carbocycles. The number of nitrogens with zero attached hydrogens (tertiary/aromatic N) is 2. The lowest BCUT2D eigenvalue weighted by molar-refractivity contribution is 0.102. The van der Waals surface area contributed by atoms with Gasteiger partial charge in [0.15, 0.2) is 5.82 Å². The number of aryl methyl sites for hydroxylation is 1. The molecule has 1 amide bonds. The molecule has 0 unspecified atom stereocenters. The summed E-state index contributed by atoms with van der Waals surface area (Å²) < 4.78 is 9.78. The van der Waals surface area contributed by atoms with Crippen LogP contribution in [0, 0.1) is 6.92 Å². The highest BCUT2D eigenvalue weighted by Gasteiger charge is 2.09. The van der Waals surface area contributed by atoms with E-state index in [0.29, 0.717) is 23.0 Å². The molecule has 2 aromatic heterocycles. The second-order valence-electron chi connectivity index (χ2n) is 3.36. The number of rotatable bonds is 3. The monoisotopic (exact) mass is 233 g/mol. The van der Waals surface area contributed by atoms with Crippen molar-refractivity contribution in [1.29, 1.82) is 0 Å². The summed E-state index contributed by atoms with van der Waals surface area (Å²) in [5, 5.41) is 6.27. The molecule has 0 aliphatic rings. The molecule has 17 heavy (non-hydrogen) atoms. The van der Waals surface area contributed by atoms with Crippen molar-refractivity contribution < 1.29 is 14.1 Å². The topological polar surface area (TPSA) is 77.2 Å². The fraction of sp³-hybridized carbons (Fsp3) is 0.182. The van der Waals surface area contributed by atoms with Gasteiger partial charge in [0, 0.05) is 23.9 Å². The molecule has 0 aromatic carbocycles. The number of ether oxygens (including phenoxy) is 1. The van der Waals surface area contributed by atoms with Crippen LogP contribution in [0.15, 0.2) is 28.9 Å². The quantitative estimate of drug-likeness (QED) is 0.871. The lowest BCUT2D eigenvalue weighted by atomic mass is 10.2. The highest BCUT2D eigenvalue weighted by atomic mass is 16.5. The molecule has 0 spiro atoms. The number of carbonyl (C=O) groups is 1. The van der Waals surface area contributed by atoms with Gasteiger partial charge < -0.3 is 14.6 Å². The minimum Gasteiger partial charge on any atom is -0.481 e. The predicted octanol–water partition coefficient (Wildman–Crippen LogP) is 1.64. The van der Waals surface area contributed by atoms with E-state index in [4.69, 9.17) is 9.26 Å². The summed E-state index contributed by atoms with van der Waals surface area (Å²) in [7, 11) is 1.49. The van der Waals surface area contributed by atoms with Crippen molar-refractivity contribution in [3.05, 3.63) is 35.7 Å². The molecule has 0 radical (unpaired) electrons. The van der Waals surface area contributed by atoms with Crippen LogP contribution < -0.4 is 10.1 Å². The Labute approximate surface area is 97.6 Å². The van der Waals surface area contributed by atoms with E-state index in [1.165, 1.54) is 13.3 Å². The smallest absolute Gasteiger partial charge is 0.257 e. The molecule has 2 heterocycles. The van der Waals surface area contributed by atoms with Crippen molar-refractivity contribution in [3.63, 3.8) is 0 Å². The van der Waals surface area contributed by atoms with Crippen molar-refractivity contribution in [3.8, 4) is 5.88 Å². The third kappa shape index (κ3) is 2.60. The third-order valence-corrected chi connectivity index (χ3v) is 2.08. The first-order chi connectivity index (χ1) is 8.19. The molecule has 6 heteroatoms. The Morgan fingerprint density at radius 2 is 2.29 bits per heavy atom. The van der Waals surface area contributed by atoms with Crippen LogP contribution in [0.5, 0.6) is 5.88 Å². The number of anilines is 1. The fourth-order valence-corrected chi connectivity index (χ4v) is 1.28. The number of carbonyl (C=O) groups excluding carboxylic acids is 1. The van der Waals surface area contributed by atoms with Crippen LogP contribution >= 0.6 is 0 Å². The molecule has 0 aliphatic heterocycles. The molecule has 0 atom stereocenters. The predicted molar refractivity (Wildman–Crippen MR) is 60.0 cm³/mol. The van der Waals surface area contributed by atoms with Crippen LogP contribution in [0.2, 0.25) is 0 Å². The average Bonchev–Trinajstić information content (AvgIpc) is 2.75. The maximum Gasteiger partial charge on any atom is 0.257 e. The number of hydrogen-bond acceptors (Lipinski definition) is 5. The zero-order valence-electron chi connectivity index (χ0n) is 9.43. The standard InChI is InChI=1S/C11H11N3O3/c1-7-5-9(14-17-7)13-11(15)8-3-4-12-10(6-8)16-2/h3-6H,1-2H3,(H,13,14,15). The van der Waals surface area contributed by atoms with E-state index >= 15 is 0 Å². The minimum absolute atomic E-state index is 0.293. The van der Waals surface area contributed by atoms with Crippen LogP contribution in [-0.4, -0.2) is 23.2 Å².